The van der Waals surface area contributed by atoms with E-state index >= 15 is 0 Å². The monoisotopic (exact) mass is 257 g/mol. The molecule has 1 aliphatic heterocycles. The van der Waals surface area contributed by atoms with Gasteiger partial charge < -0.3 is 4.90 Å². The van der Waals surface area contributed by atoms with Crippen LogP contribution in [0.25, 0.3) is 10.8 Å². The molecule has 1 aliphatic rings. The van der Waals surface area contributed by atoms with Gasteiger partial charge in [0.25, 0.3) is 5.91 Å². The van der Waals surface area contributed by atoms with E-state index in [9.17, 15) is 9.18 Å². The Bertz CT molecular complexity index is 638. The molecule has 98 valence electrons. The number of likely N-dealkylation sites (tertiary alicyclic amines) is 1. The topological polar surface area (TPSA) is 20.3 Å². The molecule has 0 N–H and O–H groups in total. The Hall–Kier alpha value is -1.90. The molecule has 0 aromatic heterocycles. The van der Waals surface area contributed by atoms with Gasteiger partial charge >= 0.3 is 0 Å². The lowest BCUT2D eigenvalue weighted by Crippen LogP contribution is -2.33. The molecule has 3 rings (SSSR count). The normalized spacial score (nSPS) is 19.1. The molecule has 2 aromatic carbocycles. The third kappa shape index (κ3) is 1.99. The lowest BCUT2D eigenvalue weighted by Gasteiger charge is -2.22. The average Bonchev–Trinajstić information content (AvgIpc) is 2.85. The molecule has 1 saturated heterocycles. The number of carbonyl (C=O) groups excluding carboxylic acids is 1. The smallest absolute Gasteiger partial charge is 0.254 e. The predicted octanol–water partition coefficient (Wildman–Crippen LogP) is 3.60. The number of nitrogens with zero attached hydrogens (tertiary/aromatic N) is 1. The molecule has 2 nitrogen and oxygen atoms in total. The molecular weight excluding hydrogens is 241 g/mol. The van der Waals surface area contributed by atoms with E-state index in [0.717, 1.165) is 19.4 Å². The number of rotatable bonds is 1. The summed E-state index contributed by atoms with van der Waals surface area (Å²) in [7, 11) is 0. The van der Waals surface area contributed by atoms with Crippen LogP contribution in [0.15, 0.2) is 36.4 Å². The van der Waals surface area contributed by atoms with Gasteiger partial charge in [-0.05, 0) is 37.3 Å². The quantitative estimate of drug-likeness (QED) is 0.764. The summed E-state index contributed by atoms with van der Waals surface area (Å²) < 4.78 is 13.8. The molecule has 3 heteroatoms. The summed E-state index contributed by atoms with van der Waals surface area (Å²) in [5, 5.41) is 1.21. The van der Waals surface area contributed by atoms with E-state index in [0.29, 0.717) is 16.3 Å². The Morgan fingerprint density at radius 2 is 1.95 bits per heavy atom. The molecule has 0 saturated carbocycles. The van der Waals surface area contributed by atoms with Gasteiger partial charge in [0.1, 0.15) is 5.82 Å². The zero-order valence-corrected chi connectivity index (χ0v) is 10.9. The van der Waals surface area contributed by atoms with Crippen molar-refractivity contribution in [2.24, 2.45) is 0 Å². The van der Waals surface area contributed by atoms with Crippen molar-refractivity contribution in [1.82, 2.24) is 4.90 Å². The average molecular weight is 257 g/mol. The second-order valence-corrected chi connectivity index (χ2v) is 5.13. The molecule has 19 heavy (non-hydrogen) atoms. The van der Waals surface area contributed by atoms with E-state index in [-0.39, 0.29) is 17.8 Å². The molecule has 0 radical (unpaired) electrons. The van der Waals surface area contributed by atoms with Gasteiger partial charge in [-0.25, -0.2) is 4.39 Å². The second kappa shape index (κ2) is 4.65. The number of hydrogen-bond donors (Lipinski definition) is 0. The molecule has 2 aromatic rings. The van der Waals surface area contributed by atoms with Crippen LogP contribution in [0, 0.1) is 5.82 Å². The molecule has 1 unspecified atom stereocenters. The van der Waals surface area contributed by atoms with Gasteiger partial charge in [0.15, 0.2) is 0 Å². The van der Waals surface area contributed by atoms with Gasteiger partial charge in [-0.3, -0.25) is 4.79 Å². The van der Waals surface area contributed by atoms with Crippen LogP contribution < -0.4 is 0 Å². The molecule has 0 spiro atoms. The third-order valence-corrected chi connectivity index (χ3v) is 3.92. The largest absolute Gasteiger partial charge is 0.336 e. The Morgan fingerprint density at radius 3 is 2.63 bits per heavy atom. The molecule has 1 atom stereocenters. The van der Waals surface area contributed by atoms with Crippen molar-refractivity contribution in [1.29, 1.82) is 0 Å². The molecule has 1 amide bonds. The standard InChI is InChI=1S/C16H16FNO/c1-11-5-4-10-18(11)16(19)14-8-9-15(17)13-7-3-2-6-12(13)14/h2-3,6-9,11H,4-5,10H2,1H3. The maximum absolute atomic E-state index is 13.8. The SMILES string of the molecule is CC1CCCN1C(=O)c1ccc(F)c2ccccc12. The van der Waals surface area contributed by atoms with Crippen LogP contribution in [-0.4, -0.2) is 23.4 Å². The van der Waals surface area contributed by atoms with E-state index < -0.39 is 0 Å². The fraction of sp³-hybridized carbons (Fsp3) is 0.312. The number of amides is 1. The first-order chi connectivity index (χ1) is 9.18. The van der Waals surface area contributed by atoms with Crippen LogP contribution in [-0.2, 0) is 0 Å². The van der Waals surface area contributed by atoms with Crippen LogP contribution in [0.4, 0.5) is 4.39 Å². The van der Waals surface area contributed by atoms with Gasteiger partial charge in [0, 0.05) is 23.5 Å². The van der Waals surface area contributed by atoms with E-state index in [2.05, 4.69) is 6.92 Å². The first-order valence-corrected chi connectivity index (χ1v) is 6.66. The molecular formula is C16H16FNO. The van der Waals surface area contributed by atoms with E-state index in [1.54, 1.807) is 18.2 Å². The van der Waals surface area contributed by atoms with Gasteiger partial charge in [-0.15, -0.1) is 0 Å². The highest BCUT2D eigenvalue weighted by molar-refractivity contribution is 6.07. The highest BCUT2D eigenvalue weighted by atomic mass is 19.1. The van der Waals surface area contributed by atoms with Gasteiger partial charge in [0.2, 0.25) is 0 Å². The number of benzene rings is 2. The Morgan fingerprint density at radius 1 is 1.21 bits per heavy atom. The lowest BCUT2D eigenvalue weighted by atomic mass is 10.0. The minimum atomic E-state index is -0.276. The Kier molecular flexibility index (Phi) is 2.97. The van der Waals surface area contributed by atoms with Crippen molar-refractivity contribution < 1.29 is 9.18 Å². The van der Waals surface area contributed by atoms with Crippen LogP contribution in [0.5, 0.6) is 0 Å². The fourth-order valence-corrected chi connectivity index (χ4v) is 2.84. The minimum Gasteiger partial charge on any atom is -0.336 e. The maximum atomic E-state index is 13.8. The molecule has 0 bridgehead atoms. The summed E-state index contributed by atoms with van der Waals surface area (Å²) in [6, 6.07) is 10.4. The van der Waals surface area contributed by atoms with E-state index in [1.807, 2.05) is 17.0 Å². The van der Waals surface area contributed by atoms with Gasteiger partial charge in [-0.2, -0.15) is 0 Å². The maximum Gasteiger partial charge on any atom is 0.254 e. The van der Waals surface area contributed by atoms with Crippen LogP contribution >= 0.6 is 0 Å². The summed E-state index contributed by atoms with van der Waals surface area (Å²) in [6.45, 7) is 2.86. The predicted molar refractivity (Wildman–Crippen MR) is 73.6 cm³/mol. The Balaban J connectivity index is 2.10. The van der Waals surface area contributed by atoms with Gasteiger partial charge in [0.05, 0.1) is 0 Å². The Labute approximate surface area is 111 Å². The first-order valence-electron chi connectivity index (χ1n) is 6.66. The fourth-order valence-electron chi connectivity index (χ4n) is 2.84. The van der Waals surface area contributed by atoms with Crippen LogP contribution in [0.3, 0.4) is 0 Å². The van der Waals surface area contributed by atoms with Crippen molar-refractivity contribution >= 4 is 16.7 Å². The lowest BCUT2D eigenvalue weighted by molar-refractivity contribution is 0.0749. The van der Waals surface area contributed by atoms with E-state index in [1.165, 1.54) is 6.07 Å². The summed E-state index contributed by atoms with van der Waals surface area (Å²) in [4.78, 5) is 14.5. The summed E-state index contributed by atoms with van der Waals surface area (Å²) in [5.74, 6) is -0.261. The van der Waals surface area contributed by atoms with E-state index in [4.69, 9.17) is 0 Å². The van der Waals surface area contributed by atoms with Gasteiger partial charge in [-0.1, -0.05) is 24.3 Å². The molecule has 0 aliphatic carbocycles. The number of hydrogen-bond acceptors (Lipinski definition) is 1. The van der Waals surface area contributed by atoms with Crippen molar-refractivity contribution in [2.75, 3.05) is 6.54 Å². The summed E-state index contributed by atoms with van der Waals surface area (Å²) >= 11 is 0. The number of halogens is 1. The highest BCUT2D eigenvalue weighted by Gasteiger charge is 2.27. The summed E-state index contributed by atoms with van der Waals surface area (Å²) in [6.07, 6.45) is 2.09. The van der Waals surface area contributed by atoms with Crippen LogP contribution in [0.1, 0.15) is 30.1 Å². The zero-order chi connectivity index (χ0) is 13.4. The highest BCUT2D eigenvalue weighted by Crippen LogP contribution is 2.26. The summed E-state index contributed by atoms with van der Waals surface area (Å²) in [5.41, 5.74) is 0.603. The number of fused-ring (bicyclic) bond motifs is 1. The van der Waals surface area contributed by atoms with Crippen molar-refractivity contribution in [3.05, 3.63) is 47.8 Å². The third-order valence-electron chi connectivity index (χ3n) is 3.92. The molecule has 1 heterocycles. The van der Waals surface area contributed by atoms with Crippen LogP contribution in [0.2, 0.25) is 0 Å². The van der Waals surface area contributed by atoms with Crippen molar-refractivity contribution in [3.8, 4) is 0 Å². The molecule has 1 fully saturated rings. The van der Waals surface area contributed by atoms with Crippen molar-refractivity contribution in [2.45, 2.75) is 25.8 Å². The second-order valence-electron chi connectivity index (χ2n) is 5.13. The zero-order valence-electron chi connectivity index (χ0n) is 10.9. The van der Waals surface area contributed by atoms with Crippen molar-refractivity contribution in [3.63, 3.8) is 0 Å². The number of carbonyl (C=O) groups is 1. The first kappa shape index (κ1) is 12.2. The minimum absolute atomic E-state index is 0.0150.